The Kier molecular flexibility index (Phi) is 4.33. The third kappa shape index (κ3) is 3.98. The quantitative estimate of drug-likeness (QED) is 0.290. The molecule has 7 rings (SSSR count). The van der Waals surface area contributed by atoms with E-state index in [0.717, 1.165) is 0 Å². The SMILES string of the molecule is [2H]C1(NC(=O)OC([2H])([2H])[2H])CCC(n2c(=O)n(C([2H])([2H])[2H])c3cnc(Nc4ccc5c(C6(C#N)CC6)nn(C6(C(N)=O)CC6C)c5n4)cc32)C1. The van der Waals surface area contributed by atoms with E-state index < -0.39 is 54.7 Å². The first-order valence-electron chi connectivity index (χ1n) is 17.3. The fourth-order valence-corrected chi connectivity index (χ4v) is 6.38. The summed E-state index contributed by atoms with van der Waals surface area (Å²) in [5, 5.41) is 20.6. The standard InChI is InChI=1S/C29H32N10O4/c1-15-12-29(15,25(31)40)39-24-18(23(36-39)28(14-30)8-9-28)6-7-21(35-24)34-22-11-19-20(13-32-22)37(2)27(42)38(19)17-5-4-16(10-17)33-26(41)43-3/h6-7,11,13,15-17H,4-5,8-10,12H2,1-3H3,(H2,31,40)(H,33,41)(H,32,34,35)/i2D3,3D3,16D. The maximum Gasteiger partial charge on any atom is 0.407 e. The van der Waals surface area contributed by atoms with Gasteiger partial charge in [0.1, 0.15) is 22.6 Å². The Morgan fingerprint density at radius 3 is 2.77 bits per heavy atom. The fourth-order valence-electron chi connectivity index (χ4n) is 6.38. The first-order chi connectivity index (χ1) is 23.3. The number of nitriles is 1. The van der Waals surface area contributed by atoms with Crippen LogP contribution in [0.1, 0.15) is 66.8 Å². The normalized spacial score (nSPS) is 30.1. The molecule has 0 spiro atoms. The van der Waals surface area contributed by atoms with Gasteiger partial charge in [0, 0.05) is 34.6 Å². The number of carbonyl (C=O) groups is 2. The van der Waals surface area contributed by atoms with E-state index in [1.165, 1.54) is 21.5 Å². The van der Waals surface area contributed by atoms with Crippen LogP contribution in [0.4, 0.5) is 16.4 Å². The molecule has 0 saturated heterocycles. The molecule has 4 N–H and O–H groups in total. The molecule has 14 heteroatoms. The zero-order chi connectivity index (χ0) is 36.2. The van der Waals surface area contributed by atoms with Gasteiger partial charge in [0.25, 0.3) is 0 Å². The molecule has 3 aliphatic carbocycles. The number of aromatic nitrogens is 6. The molecule has 43 heavy (non-hydrogen) atoms. The third-order valence-corrected chi connectivity index (χ3v) is 9.04. The highest BCUT2D eigenvalue weighted by molar-refractivity contribution is 5.90. The zero-order valence-electron chi connectivity index (χ0n) is 30.0. The number of amides is 2. The van der Waals surface area contributed by atoms with Crippen LogP contribution in [0.5, 0.6) is 0 Å². The summed E-state index contributed by atoms with van der Waals surface area (Å²) in [6.07, 6.45) is 1.68. The van der Waals surface area contributed by atoms with Crippen LogP contribution in [0.3, 0.4) is 0 Å². The second kappa shape index (κ2) is 9.29. The Hall–Kier alpha value is -4.93. The predicted molar refractivity (Wildman–Crippen MR) is 155 cm³/mol. The number of fused-ring (bicyclic) bond motifs is 2. The number of ether oxygens (including phenoxy) is 1. The molecule has 4 heterocycles. The number of primary amides is 1. The van der Waals surface area contributed by atoms with Gasteiger partial charge < -0.3 is 21.1 Å². The Morgan fingerprint density at radius 2 is 2.09 bits per heavy atom. The van der Waals surface area contributed by atoms with Crippen LogP contribution in [0.2, 0.25) is 0 Å². The van der Waals surface area contributed by atoms with Gasteiger partial charge in [0.15, 0.2) is 5.65 Å². The molecule has 222 valence electrons. The number of nitrogens with two attached hydrogens (primary N) is 1. The van der Waals surface area contributed by atoms with Gasteiger partial charge in [-0.15, -0.1) is 0 Å². The molecule has 4 unspecified atom stereocenters. The molecule has 3 saturated carbocycles. The Morgan fingerprint density at radius 1 is 1.28 bits per heavy atom. The Labute approximate surface area is 255 Å². The van der Waals surface area contributed by atoms with Gasteiger partial charge >= 0.3 is 11.8 Å². The van der Waals surface area contributed by atoms with Crippen LogP contribution in [-0.4, -0.2) is 53.9 Å². The largest absolute Gasteiger partial charge is 0.453 e. The van der Waals surface area contributed by atoms with Crippen molar-refractivity contribution in [3.63, 3.8) is 0 Å². The maximum atomic E-state index is 13.7. The van der Waals surface area contributed by atoms with E-state index in [9.17, 15) is 19.6 Å². The van der Waals surface area contributed by atoms with Gasteiger partial charge in [0.05, 0.1) is 41.5 Å². The van der Waals surface area contributed by atoms with Crippen LogP contribution in [0, 0.1) is 17.2 Å². The van der Waals surface area contributed by atoms with Crippen LogP contribution in [0.15, 0.2) is 29.2 Å². The van der Waals surface area contributed by atoms with E-state index in [1.54, 1.807) is 12.1 Å². The van der Waals surface area contributed by atoms with E-state index in [4.69, 9.17) is 25.4 Å². The Balaban J connectivity index is 1.26. The van der Waals surface area contributed by atoms with E-state index in [2.05, 4.69) is 26.4 Å². The van der Waals surface area contributed by atoms with Gasteiger partial charge in [-0.3, -0.25) is 13.9 Å². The molecule has 4 aromatic rings. The van der Waals surface area contributed by atoms with Gasteiger partial charge in [-0.1, -0.05) is 6.92 Å². The van der Waals surface area contributed by atoms with Crippen molar-refractivity contribution in [2.45, 2.75) is 68.5 Å². The van der Waals surface area contributed by atoms with E-state index >= 15 is 0 Å². The second-order valence-electron chi connectivity index (χ2n) is 11.6. The number of rotatable bonds is 7. The number of anilines is 2. The lowest BCUT2D eigenvalue weighted by Gasteiger charge is -2.15. The summed E-state index contributed by atoms with van der Waals surface area (Å²) in [6, 6.07) is 4.78. The molecule has 0 bridgehead atoms. The molecular formula is C29H32N10O4. The smallest absolute Gasteiger partial charge is 0.407 e. The first-order valence-corrected chi connectivity index (χ1v) is 13.8. The number of hydrogen-bond acceptors (Lipinski definition) is 9. The summed E-state index contributed by atoms with van der Waals surface area (Å²) in [6.45, 7) is -0.994. The lowest BCUT2D eigenvalue weighted by molar-refractivity contribution is -0.123. The van der Waals surface area contributed by atoms with Crippen LogP contribution in [-0.2, 0) is 27.5 Å². The number of nitrogens with one attached hydrogen (secondary N) is 2. The number of nitrogens with zero attached hydrogens (tertiary/aromatic N) is 7. The third-order valence-electron chi connectivity index (χ3n) is 9.04. The minimum atomic E-state index is -3.02. The highest BCUT2D eigenvalue weighted by atomic mass is 16.5. The van der Waals surface area contributed by atoms with Gasteiger partial charge in [-0.05, 0) is 56.6 Å². The fraction of sp³-hybridized carbons (Fsp3) is 0.483. The number of aryl methyl sites for hydroxylation is 1. The van der Waals surface area contributed by atoms with Gasteiger partial charge in [-0.25, -0.2) is 24.2 Å². The minimum Gasteiger partial charge on any atom is -0.453 e. The minimum absolute atomic E-state index is 0.00119. The molecular weight excluding hydrogens is 552 g/mol. The molecule has 0 aliphatic heterocycles. The maximum absolute atomic E-state index is 13.7. The van der Waals surface area contributed by atoms with Gasteiger partial charge in [-0.2, -0.15) is 10.4 Å². The molecule has 3 fully saturated rings. The molecule has 3 aliphatic rings. The van der Waals surface area contributed by atoms with Crippen molar-refractivity contribution in [2.75, 3.05) is 12.4 Å². The van der Waals surface area contributed by atoms with E-state index in [1.807, 2.05) is 6.92 Å². The molecule has 4 aromatic heterocycles. The van der Waals surface area contributed by atoms with Crippen molar-refractivity contribution in [3.05, 3.63) is 40.6 Å². The average molecular weight is 592 g/mol. The number of hydrogen-bond donors (Lipinski definition) is 3. The molecule has 4 atom stereocenters. The summed E-state index contributed by atoms with van der Waals surface area (Å²) in [4.78, 5) is 47.6. The monoisotopic (exact) mass is 591 g/mol. The summed E-state index contributed by atoms with van der Waals surface area (Å²) in [7, 11) is -3.02. The predicted octanol–water partition coefficient (Wildman–Crippen LogP) is 2.45. The first kappa shape index (κ1) is 20.1. The molecule has 2 amide bonds. The highest BCUT2D eigenvalue weighted by Crippen LogP contribution is 2.54. The summed E-state index contributed by atoms with van der Waals surface area (Å²) in [5.41, 5.74) is 4.18. The van der Waals surface area contributed by atoms with Gasteiger partial charge in [0.2, 0.25) is 5.91 Å². The van der Waals surface area contributed by atoms with Crippen molar-refractivity contribution in [1.29, 1.82) is 5.26 Å². The van der Waals surface area contributed by atoms with Crippen molar-refractivity contribution in [1.82, 2.24) is 34.2 Å². The average Bonchev–Trinajstić information content (AvgIpc) is 3.81. The van der Waals surface area contributed by atoms with Crippen molar-refractivity contribution in [3.8, 4) is 6.07 Å². The Bertz CT molecular complexity index is 2200. The van der Waals surface area contributed by atoms with Crippen molar-refractivity contribution < 1.29 is 23.9 Å². The summed E-state index contributed by atoms with van der Waals surface area (Å²) < 4.78 is 61.9. The zero-order valence-corrected chi connectivity index (χ0v) is 23.0. The topological polar surface area (TPSA) is 188 Å². The molecule has 0 aromatic carbocycles. The van der Waals surface area contributed by atoms with E-state index in [-0.39, 0.29) is 47.8 Å². The number of methoxy groups -OCH3 is 1. The van der Waals surface area contributed by atoms with E-state index in [0.29, 0.717) is 40.6 Å². The van der Waals surface area contributed by atoms with Crippen LogP contribution < -0.4 is 22.1 Å². The number of carbonyl (C=O) groups excluding carboxylic acids is 2. The second-order valence-corrected chi connectivity index (χ2v) is 11.6. The van der Waals surface area contributed by atoms with Crippen LogP contribution in [0.25, 0.3) is 22.1 Å². The summed E-state index contributed by atoms with van der Waals surface area (Å²) in [5.74, 6) is -0.199. The lowest BCUT2D eigenvalue weighted by atomic mass is 10.0. The molecule has 14 nitrogen and oxygen atoms in total. The van der Waals surface area contributed by atoms with Crippen molar-refractivity contribution >= 4 is 45.7 Å². The summed E-state index contributed by atoms with van der Waals surface area (Å²) >= 11 is 0. The number of alkyl carbamates (subject to hydrolysis) is 1. The number of pyridine rings is 2. The van der Waals surface area contributed by atoms with Crippen LogP contribution >= 0.6 is 0 Å². The number of imidazole rings is 1. The lowest BCUT2D eigenvalue weighted by Crippen LogP contribution is -2.37. The highest BCUT2D eigenvalue weighted by Gasteiger charge is 2.61. The molecule has 0 radical (unpaired) electrons. The van der Waals surface area contributed by atoms with Crippen molar-refractivity contribution in [2.24, 2.45) is 18.6 Å².